The van der Waals surface area contributed by atoms with E-state index in [9.17, 15) is 4.79 Å². The van der Waals surface area contributed by atoms with E-state index in [1.807, 2.05) is 4.90 Å². The molecule has 0 saturated carbocycles. The minimum Gasteiger partial charge on any atom is -0.383 e. The lowest BCUT2D eigenvalue weighted by atomic mass is 9.99. The van der Waals surface area contributed by atoms with E-state index in [4.69, 9.17) is 10.5 Å². The summed E-state index contributed by atoms with van der Waals surface area (Å²) in [5.74, 6) is 0.0390. The topological polar surface area (TPSA) is 58.8 Å². The van der Waals surface area contributed by atoms with Crippen molar-refractivity contribution < 1.29 is 9.53 Å². The Morgan fingerprint density at radius 3 is 3.00 bits per heavy atom. The summed E-state index contributed by atoms with van der Waals surface area (Å²) in [6.07, 6.45) is 3.80. The van der Waals surface area contributed by atoms with Gasteiger partial charge in [0.25, 0.3) is 0 Å². The van der Waals surface area contributed by atoms with Gasteiger partial charge in [-0.15, -0.1) is 0 Å². The van der Waals surface area contributed by atoms with Crippen LogP contribution >= 0.6 is 0 Å². The smallest absolute Gasteiger partial charge is 0.241 e. The van der Waals surface area contributed by atoms with Crippen molar-refractivity contribution in [3.63, 3.8) is 0 Å². The number of hydrogen-bond donors (Lipinski definition) is 1. The highest BCUT2D eigenvalue weighted by Crippen LogP contribution is 2.21. The van der Waals surface area contributed by atoms with Crippen molar-refractivity contribution in [1.82, 2.24) is 9.80 Å². The van der Waals surface area contributed by atoms with Crippen LogP contribution < -0.4 is 5.73 Å². The Hall–Kier alpha value is -0.650. The quantitative estimate of drug-likeness (QED) is 0.734. The van der Waals surface area contributed by atoms with Gasteiger partial charge in [-0.3, -0.25) is 9.69 Å². The molecule has 2 fully saturated rings. The van der Waals surface area contributed by atoms with E-state index in [1.165, 1.54) is 25.8 Å². The van der Waals surface area contributed by atoms with Crippen LogP contribution in [0.1, 0.15) is 19.3 Å². The predicted molar refractivity (Wildman–Crippen MR) is 65.6 cm³/mol. The molecule has 2 unspecified atom stereocenters. The number of piperidine rings is 1. The Balaban J connectivity index is 1.88. The number of amides is 1. The number of carbonyl (C=O) groups is 1. The molecule has 17 heavy (non-hydrogen) atoms. The van der Waals surface area contributed by atoms with E-state index >= 15 is 0 Å². The second-order valence-electron chi connectivity index (χ2n) is 5.03. The zero-order valence-corrected chi connectivity index (χ0v) is 10.6. The highest BCUT2D eigenvalue weighted by Gasteiger charge is 2.32. The van der Waals surface area contributed by atoms with Crippen molar-refractivity contribution in [3.05, 3.63) is 0 Å². The molecule has 2 saturated heterocycles. The number of fused-ring (bicyclic) bond motifs is 1. The molecule has 5 nitrogen and oxygen atoms in total. The van der Waals surface area contributed by atoms with Gasteiger partial charge >= 0.3 is 0 Å². The lowest BCUT2D eigenvalue weighted by molar-refractivity contribution is -0.137. The third-order valence-corrected chi connectivity index (χ3v) is 3.81. The fourth-order valence-electron chi connectivity index (χ4n) is 2.84. The average Bonchev–Trinajstić information content (AvgIpc) is 2.37. The lowest BCUT2D eigenvalue weighted by Crippen LogP contribution is -2.59. The van der Waals surface area contributed by atoms with E-state index in [1.54, 1.807) is 7.11 Å². The molecule has 1 amide bonds. The molecule has 0 aliphatic carbocycles. The molecule has 5 heteroatoms. The Bertz CT molecular complexity index is 272. The predicted octanol–water partition coefficient (Wildman–Crippen LogP) is -0.343. The number of nitrogens with two attached hydrogens (primary N) is 1. The maximum absolute atomic E-state index is 12.1. The van der Waals surface area contributed by atoms with Crippen molar-refractivity contribution in [1.29, 1.82) is 0 Å². The molecule has 0 bridgehead atoms. The largest absolute Gasteiger partial charge is 0.383 e. The van der Waals surface area contributed by atoms with Gasteiger partial charge in [-0.1, -0.05) is 6.42 Å². The van der Waals surface area contributed by atoms with Crippen molar-refractivity contribution in [3.8, 4) is 0 Å². The number of methoxy groups -OCH3 is 1. The molecule has 0 spiro atoms. The third-order valence-electron chi connectivity index (χ3n) is 3.81. The molecule has 2 N–H and O–H groups in total. The van der Waals surface area contributed by atoms with Gasteiger partial charge in [0.1, 0.15) is 6.04 Å². The van der Waals surface area contributed by atoms with Crippen molar-refractivity contribution in [2.75, 3.05) is 39.9 Å². The second kappa shape index (κ2) is 5.80. The standard InChI is InChI=1S/C12H23N3O2/c1-17-9-11(13)12(16)15-7-6-14-5-3-2-4-10(14)8-15/h10-11H,2-9,13H2,1H3. The molecule has 2 rings (SSSR count). The first-order chi connectivity index (χ1) is 8.22. The van der Waals surface area contributed by atoms with Crippen LogP contribution in [0.15, 0.2) is 0 Å². The van der Waals surface area contributed by atoms with Crippen molar-refractivity contribution >= 4 is 5.91 Å². The third kappa shape index (κ3) is 2.97. The van der Waals surface area contributed by atoms with Gasteiger partial charge in [-0.05, 0) is 19.4 Å². The summed E-state index contributed by atoms with van der Waals surface area (Å²) < 4.78 is 4.94. The van der Waals surface area contributed by atoms with Gasteiger partial charge in [0, 0.05) is 32.8 Å². The molecule has 2 aliphatic rings. The van der Waals surface area contributed by atoms with Gasteiger partial charge in [-0.25, -0.2) is 0 Å². The number of piperazine rings is 1. The van der Waals surface area contributed by atoms with Crippen molar-refractivity contribution in [2.24, 2.45) is 5.73 Å². The summed E-state index contributed by atoms with van der Waals surface area (Å²) >= 11 is 0. The molecule has 98 valence electrons. The maximum Gasteiger partial charge on any atom is 0.241 e. The number of ether oxygens (including phenoxy) is 1. The van der Waals surface area contributed by atoms with E-state index in [-0.39, 0.29) is 5.91 Å². The van der Waals surface area contributed by atoms with Gasteiger partial charge in [0.2, 0.25) is 5.91 Å². The van der Waals surface area contributed by atoms with Crippen LogP contribution in [-0.4, -0.2) is 67.7 Å². The van der Waals surface area contributed by atoms with Gasteiger partial charge in [-0.2, -0.15) is 0 Å². The fourth-order valence-corrected chi connectivity index (χ4v) is 2.84. The molecule has 0 aromatic carbocycles. The first-order valence-electron chi connectivity index (χ1n) is 6.49. The van der Waals surface area contributed by atoms with Crippen LogP contribution in [0.25, 0.3) is 0 Å². The van der Waals surface area contributed by atoms with Crippen LogP contribution in [0, 0.1) is 0 Å². The van der Waals surface area contributed by atoms with Crippen LogP contribution in [0.5, 0.6) is 0 Å². The van der Waals surface area contributed by atoms with E-state index in [0.717, 1.165) is 19.6 Å². The zero-order valence-electron chi connectivity index (χ0n) is 10.6. The molecular formula is C12H23N3O2. The van der Waals surface area contributed by atoms with Crippen LogP contribution in [-0.2, 0) is 9.53 Å². The van der Waals surface area contributed by atoms with Crippen LogP contribution in [0.3, 0.4) is 0 Å². The van der Waals surface area contributed by atoms with Crippen molar-refractivity contribution in [2.45, 2.75) is 31.3 Å². The van der Waals surface area contributed by atoms with E-state index in [0.29, 0.717) is 12.6 Å². The molecular weight excluding hydrogens is 218 g/mol. The highest BCUT2D eigenvalue weighted by molar-refractivity contribution is 5.82. The summed E-state index contributed by atoms with van der Waals surface area (Å²) in [5, 5.41) is 0. The minimum atomic E-state index is -0.504. The molecule has 2 aliphatic heterocycles. The molecule has 0 aromatic rings. The molecule has 2 atom stereocenters. The van der Waals surface area contributed by atoms with Gasteiger partial charge < -0.3 is 15.4 Å². The number of rotatable bonds is 3. The summed E-state index contributed by atoms with van der Waals surface area (Å²) in [6, 6.07) is 0.0475. The zero-order chi connectivity index (χ0) is 12.3. The molecule has 2 heterocycles. The van der Waals surface area contributed by atoms with Gasteiger partial charge in [0.15, 0.2) is 0 Å². The summed E-state index contributed by atoms with van der Waals surface area (Å²) in [4.78, 5) is 16.5. The van der Waals surface area contributed by atoms with E-state index in [2.05, 4.69) is 4.90 Å². The lowest BCUT2D eigenvalue weighted by Gasteiger charge is -2.44. The van der Waals surface area contributed by atoms with E-state index < -0.39 is 6.04 Å². The molecule has 0 aromatic heterocycles. The Morgan fingerprint density at radius 2 is 2.24 bits per heavy atom. The maximum atomic E-state index is 12.1. The normalized spacial score (nSPS) is 27.6. The van der Waals surface area contributed by atoms with Crippen LogP contribution in [0.4, 0.5) is 0 Å². The first kappa shape index (κ1) is 12.8. The minimum absolute atomic E-state index is 0.0390. The highest BCUT2D eigenvalue weighted by atomic mass is 16.5. The molecule has 0 radical (unpaired) electrons. The Morgan fingerprint density at radius 1 is 1.41 bits per heavy atom. The first-order valence-corrected chi connectivity index (χ1v) is 6.49. The second-order valence-corrected chi connectivity index (χ2v) is 5.03. The number of carbonyl (C=O) groups excluding carboxylic acids is 1. The summed E-state index contributed by atoms with van der Waals surface area (Å²) in [5.41, 5.74) is 5.80. The Kier molecular flexibility index (Phi) is 4.36. The number of nitrogens with zero attached hydrogens (tertiary/aromatic N) is 2. The summed E-state index contributed by atoms with van der Waals surface area (Å²) in [6.45, 7) is 4.15. The SMILES string of the molecule is COCC(N)C(=O)N1CCN2CCCCC2C1. The average molecular weight is 241 g/mol. The number of hydrogen-bond acceptors (Lipinski definition) is 4. The van der Waals surface area contributed by atoms with Gasteiger partial charge in [0.05, 0.1) is 6.61 Å². The fraction of sp³-hybridized carbons (Fsp3) is 0.917. The monoisotopic (exact) mass is 241 g/mol. The van der Waals surface area contributed by atoms with Crippen LogP contribution in [0.2, 0.25) is 0 Å². The summed E-state index contributed by atoms with van der Waals surface area (Å²) in [7, 11) is 1.58. The Labute approximate surface area is 103 Å².